The molecular formula is C18H17ClFNO2S. The molecule has 1 atom stereocenters. The monoisotopic (exact) mass is 365 g/mol. The lowest BCUT2D eigenvalue weighted by Gasteiger charge is -2.29. The first-order valence-electron chi connectivity index (χ1n) is 8.05. The summed E-state index contributed by atoms with van der Waals surface area (Å²) < 4.78 is 41.5. The highest BCUT2D eigenvalue weighted by molar-refractivity contribution is 7.89. The molecule has 1 fully saturated rings. The minimum Gasteiger partial charge on any atom is -0.207 e. The molecule has 0 heterocycles. The lowest BCUT2D eigenvalue weighted by molar-refractivity contribution is 0.314. The van der Waals surface area contributed by atoms with Crippen LogP contribution in [0.1, 0.15) is 36.4 Å². The van der Waals surface area contributed by atoms with Crippen molar-refractivity contribution in [1.29, 1.82) is 0 Å². The van der Waals surface area contributed by atoms with Crippen LogP contribution in [-0.4, -0.2) is 18.8 Å². The smallest absolute Gasteiger partial charge is 0.207 e. The first kappa shape index (κ1) is 16.1. The molecule has 24 heavy (non-hydrogen) atoms. The van der Waals surface area contributed by atoms with Crippen LogP contribution in [0.25, 0.3) is 0 Å². The van der Waals surface area contributed by atoms with E-state index in [1.807, 2.05) is 18.2 Å². The van der Waals surface area contributed by atoms with Crippen LogP contribution in [0.5, 0.6) is 0 Å². The highest BCUT2D eigenvalue weighted by atomic mass is 35.5. The molecule has 4 rings (SSSR count). The highest BCUT2D eigenvalue weighted by Gasteiger charge is 2.44. The summed E-state index contributed by atoms with van der Waals surface area (Å²) in [6, 6.07) is 11.5. The fourth-order valence-corrected chi connectivity index (χ4v) is 5.66. The number of hydrogen-bond acceptors (Lipinski definition) is 2. The fourth-order valence-electron chi connectivity index (χ4n) is 3.51. The third-order valence-electron chi connectivity index (χ3n) is 4.78. The van der Waals surface area contributed by atoms with Crippen molar-refractivity contribution >= 4 is 21.6 Å². The van der Waals surface area contributed by atoms with Gasteiger partial charge in [0.1, 0.15) is 5.82 Å². The molecular weight excluding hydrogens is 349 g/mol. The minimum absolute atomic E-state index is 0.0231. The number of halogens is 2. The maximum Gasteiger partial charge on any atom is 0.243 e. The second-order valence-corrected chi connectivity index (χ2v) is 8.65. The van der Waals surface area contributed by atoms with Crippen molar-refractivity contribution in [3.8, 4) is 0 Å². The van der Waals surface area contributed by atoms with Crippen molar-refractivity contribution in [2.75, 3.05) is 0 Å². The topological polar surface area (TPSA) is 37.4 Å². The summed E-state index contributed by atoms with van der Waals surface area (Å²) in [6.07, 6.45) is 3.40. The summed E-state index contributed by atoms with van der Waals surface area (Å²) in [7, 11) is -3.72. The van der Waals surface area contributed by atoms with Gasteiger partial charge in [0.25, 0.3) is 0 Å². The molecule has 0 aromatic heterocycles. The molecule has 0 amide bonds. The van der Waals surface area contributed by atoms with E-state index in [1.54, 1.807) is 4.31 Å². The Labute approximate surface area is 146 Å². The van der Waals surface area contributed by atoms with Crippen molar-refractivity contribution in [2.24, 2.45) is 0 Å². The summed E-state index contributed by atoms with van der Waals surface area (Å²) in [4.78, 5) is 0.0604. The van der Waals surface area contributed by atoms with Crippen LogP contribution in [0.3, 0.4) is 0 Å². The van der Waals surface area contributed by atoms with Gasteiger partial charge in [-0.25, -0.2) is 12.8 Å². The zero-order valence-corrected chi connectivity index (χ0v) is 14.5. The Morgan fingerprint density at radius 2 is 1.83 bits per heavy atom. The Balaban J connectivity index is 1.77. The molecule has 2 aromatic carbocycles. The van der Waals surface area contributed by atoms with Gasteiger partial charge in [0, 0.05) is 6.04 Å². The van der Waals surface area contributed by atoms with E-state index < -0.39 is 15.8 Å². The summed E-state index contributed by atoms with van der Waals surface area (Å²) in [5.41, 5.74) is 2.29. The van der Waals surface area contributed by atoms with Crippen molar-refractivity contribution < 1.29 is 12.8 Å². The van der Waals surface area contributed by atoms with Gasteiger partial charge in [-0.05, 0) is 55.0 Å². The van der Waals surface area contributed by atoms with Crippen LogP contribution in [0.4, 0.5) is 4.39 Å². The number of fused-ring (bicyclic) bond motifs is 1. The molecule has 0 saturated heterocycles. The molecule has 0 N–H and O–H groups in total. The van der Waals surface area contributed by atoms with Crippen molar-refractivity contribution in [2.45, 2.75) is 42.7 Å². The Kier molecular flexibility index (Phi) is 3.90. The lowest BCUT2D eigenvalue weighted by atomic mass is 10.1. The Morgan fingerprint density at radius 3 is 2.54 bits per heavy atom. The van der Waals surface area contributed by atoms with E-state index in [4.69, 9.17) is 11.6 Å². The Morgan fingerprint density at radius 1 is 1.08 bits per heavy atom. The van der Waals surface area contributed by atoms with Gasteiger partial charge in [-0.1, -0.05) is 35.9 Å². The van der Waals surface area contributed by atoms with Gasteiger partial charge in [0.2, 0.25) is 10.0 Å². The summed E-state index contributed by atoms with van der Waals surface area (Å²) in [5, 5.41) is -0.168. The standard InChI is InChI=1S/C18H17ClFNO2S/c19-16-11-14(8-9-17(16)20)24(22,23)21(13-6-7-13)18-10-5-12-3-1-2-4-15(12)18/h1-4,8-9,11,13,18H,5-7,10H2. The average Bonchev–Trinajstić information content (AvgIpc) is 3.30. The molecule has 0 radical (unpaired) electrons. The zero-order valence-electron chi connectivity index (χ0n) is 13.0. The molecule has 2 aliphatic rings. The number of benzene rings is 2. The number of nitrogens with zero attached hydrogens (tertiary/aromatic N) is 1. The summed E-state index contributed by atoms with van der Waals surface area (Å²) in [6.45, 7) is 0. The van der Waals surface area contributed by atoms with Crippen LogP contribution in [0.15, 0.2) is 47.4 Å². The molecule has 3 nitrogen and oxygen atoms in total. The maximum absolute atomic E-state index is 13.4. The normalized spacial score (nSPS) is 20.4. The van der Waals surface area contributed by atoms with Gasteiger partial charge in [-0.3, -0.25) is 0 Å². The minimum atomic E-state index is -3.72. The zero-order chi connectivity index (χ0) is 16.9. The van der Waals surface area contributed by atoms with Gasteiger partial charge in [-0.2, -0.15) is 4.31 Å². The third kappa shape index (κ3) is 2.65. The van der Waals surface area contributed by atoms with E-state index >= 15 is 0 Å². The SMILES string of the molecule is O=S(=O)(c1ccc(F)c(Cl)c1)N(C1CC1)C1CCc2ccccc21. The number of hydrogen-bond donors (Lipinski definition) is 0. The Hall–Kier alpha value is -1.43. The van der Waals surface area contributed by atoms with Crippen molar-refractivity contribution in [3.63, 3.8) is 0 Å². The molecule has 2 aliphatic carbocycles. The molecule has 1 unspecified atom stereocenters. The van der Waals surface area contributed by atoms with E-state index in [9.17, 15) is 12.8 Å². The first-order valence-corrected chi connectivity index (χ1v) is 9.86. The van der Waals surface area contributed by atoms with Crippen LogP contribution < -0.4 is 0 Å². The maximum atomic E-state index is 13.4. The first-order chi connectivity index (χ1) is 11.5. The van der Waals surface area contributed by atoms with Crippen LogP contribution in [0.2, 0.25) is 5.02 Å². The largest absolute Gasteiger partial charge is 0.243 e. The number of aryl methyl sites for hydroxylation is 1. The van der Waals surface area contributed by atoms with E-state index in [2.05, 4.69) is 6.07 Å². The fraction of sp³-hybridized carbons (Fsp3) is 0.333. The molecule has 126 valence electrons. The van der Waals surface area contributed by atoms with Crippen LogP contribution >= 0.6 is 11.6 Å². The van der Waals surface area contributed by atoms with E-state index in [1.165, 1.54) is 17.7 Å². The number of rotatable bonds is 4. The van der Waals surface area contributed by atoms with E-state index in [-0.39, 0.29) is 22.0 Å². The molecule has 0 aliphatic heterocycles. The molecule has 1 saturated carbocycles. The highest BCUT2D eigenvalue weighted by Crippen LogP contribution is 2.45. The molecule has 0 bridgehead atoms. The van der Waals surface area contributed by atoms with Gasteiger partial charge in [0.15, 0.2) is 0 Å². The van der Waals surface area contributed by atoms with Crippen molar-refractivity contribution in [3.05, 3.63) is 64.4 Å². The lowest BCUT2D eigenvalue weighted by Crippen LogP contribution is -2.36. The molecule has 2 aromatic rings. The van der Waals surface area contributed by atoms with Crippen LogP contribution in [-0.2, 0) is 16.4 Å². The van der Waals surface area contributed by atoms with Gasteiger partial charge >= 0.3 is 0 Å². The predicted octanol–water partition coefficient (Wildman–Crippen LogP) is 4.32. The van der Waals surface area contributed by atoms with Crippen molar-refractivity contribution in [1.82, 2.24) is 4.31 Å². The van der Waals surface area contributed by atoms with Crippen LogP contribution in [0, 0.1) is 5.82 Å². The summed E-state index contributed by atoms with van der Waals surface area (Å²) >= 11 is 5.80. The van der Waals surface area contributed by atoms with Gasteiger partial charge in [0.05, 0.1) is 16.0 Å². The quantitative estimate of drug-likeness (QED) is 0.809. The second kappa shape index (κ2) is 5.83. The third-order valence-corrected chi connectivity index (χ3v) is 7.03. The molecule has 0 spiro atoms. The predicted molar refractivity (Wildman–Crippen MR) is 91.0 cm³/mol. The Bertz CT molecular complexity index is 896. The van der Waals surface area contributed by atoms with E-state index in [0.717, 1.165) is 37.3 Å². The van der Waals surface area contributed by atoms with E-state index in [0.29, 0.717) is 0 Å². The summed E-state index contributed by atoms with van der Waals surface area (Å²) in [5.74, 6) is -0.611. The van der Waals surface area contributed by atoms with Gasteiger partial charge in [-0.15, -0.1) is 0 Å². The second-order valence-electron chi connectivity index (χ2n) is 6.40. The average molecular weight is 366 g/mol. The number of sulfonamides is 1. The molecule has 6 heteroatoms. The van der Waals surface area contributed by atoms with Gasteiger partial charge < -0.3 is 0 Å².